The van der Waals surface area contributed by atoms with Gasteiger partial charge in [-0.25, -0.2) is 19.9 Å². The molecule has 0 aliphatic carbocycles. The third-order valence-electron chi connectivity index (χ3n) is 4.86. The number of rotatable bonds is 4. The molecule has 0 radical (unpaired) electrons. The number of nitrogens with two attached hydrogens (primary N) is 2. The van der Waals surface area contributed by atoms with E-state index in [1.54, 1.807) is 31.2 Å². The van der Waals surface area contributed by atoms with Crippen LogP contribution >= 0.6 is 0 Å². The summed E-state index contributed by atoms with van der Waals surface area (Å²) in [6, 6.07) is 6.50. The van der Waals surface area contributed by atoms with Crippen LogP contribution in [0.4, 0.5) is 24.9 Å². The number of alkyl halides is 3. The highest BCUT2D eigenvalue weighted by Gasteiger charge is 2.31. The number of carbonyl (C=O) groups is 1. The number of hydrogen-bond acceptors (Lipinski definition) is 8. The zero-order valence-corrected chi connectivity index (χ0v) is 16.8. The Morgan fingerprint density at radius 2 is 1.94 bits per heavy atom. The number of halogens is 3. The van der Waals surface area contributed by atoms with Gasteiger partial charge < -0.3 is 21.5 Å². The topological polar surface area (TPSA) is 142 Å². The van der Waals surface area contributed by atoms with Crippen molar-refractivity contribution in [2.75, 3.05) is 18.1 Å². The van der Waals surface area contributed by atoms with Gasteiger partial charge in [0, 0.05) is 12.0 Å². The van der Waals surface area contributed by atoms with Crippen molar-refractivity contribution in [1.29, 1.82) is 0 Å². The maximum absolute atomic E-state index is 12.7. The van der Waals surface area contributed by atoms with Crippen LogP contribution in [0.5, 0.6) is 5.88 Å². The predicted molar refractivity (Wildman–Crippen MR) is 109 cm³/mol. The van der Waals surface area contributed by atoms with Crippen LogP contribution < -0.4 is 21.5 Å². The fraction of sp³-hybridized carbons (Fsp3) is 0.250. The lowest BCUT2D eigenvalue weighted by molar-refractivity contribution is -0.154. The predicted octanol–water partition coefficient (Wildman–Crippen LogP) is 2.37. The molecule has 0 saturated heterocycles. The van der Waals surface area contributed by atoms with E-state index in [4.69, 9.17) is 16.2 Å². The first-order valence-corrected chi connectivity index (χ1v) is 9.47. The van der Waals surface area contributed by atoms with Gasteiger partial charge in [0.1, 0.15) is 0 Å². The van der Waals surface area contributed by atoms with Crippen molar-refractivity contribution in [2.45, 2.75) is 25.6 Å². The lowest BCUT2D eigenvalue weighted by Gasteiger charge is -2.27. The molecule has 1 atom stereocenters. The molecular formula is C20H18F3N7O2. The van der Waals surface area contributed by atoms with E-state index in [1.807, 2.05) is 0 Å². The van der Waals surface area contributed by atoms with Gasteiger partial charge in [0.25, 0.3) is 11.8 Å². The van der Waals surface area contributed by atoms with Crippen molar-refractivity contribution >= 4 is 17.7 Å². The fourth-order valence-electron chi connectivity index (χ4n) is 3.56. The van der Waals surface area contributed by atoms with Gasteiger partial charge in [0.2, 0.25) is 5.95 Å². The van der Waals surface area contributed by atoms with E-state index in [0.29, 0.717) is 34.5 Å². The number of aryl methyl sites for hydroxylation is 1. The summed E-state index contributed by atoms with van der Waals surface area (Å²) in [6.45, 7) is 0.129. The smallest absolute Gasteiger partial charge is 0.422 e. The van der Waals surface area contributed by atoms with Gasteiger partial charge in [0.15, 0.2) is 12.4 Å². The highest BCUT2D eigenvalue weighted by atomic mass is 19.4. The van der Waals surface area contributed by atoms with Gasteiger partial charge in [-0.05, 0) is 12.5 Å². The second-order valence-electron chi connectivity index (χ2n) is 7.16. The Kier molecular flexibility index (Phi) is 5.28. The van der Waals surface area contributed by atoms with Gasteiger partial charge in [-0.1, -0.05) is 24.3 Å². The Bertz CT molecular complexity index is 1200. The summed E-state index contributed by atoms with van der Waals surface area (Å²) in [6.07, 6.45) is -2.88. The number of nitrogens with zero attached hydrogens (tertiary/aromatic N) is 4. The monoisotopic (exact) mass is 445 g/mol. The molecule has 3 aromatic rings. The largest absolute Gasteiger partial charge is 0.465 e. The van der Waals surface area contributed by atoms with Crippen LogP contribution in [0, 0.1) is 6.92 Å². The van der Waals surface area contributed by atoms with Crippen LogP contribution in [-0.4, -0.2) is 38.6 Å². The highest BCUT2D eigenvalue weighted by Crippen LogP contribution is 2.33. The SMILES string of the molecule is Cc1nc(N)nc2c1C(=O)N[C@@H](c1ccccc1-c1cnc(N)c(OCC(F)(F)F)n1)C2. The number of nitrogens with one attached hydrogen (secondary N) is 1. The molecule has 0 bridgehead atoms. The number of amides is 1. The third-order valence-corrected chi connectivity index (χ3v) is 4.86. The first-order valence-electron chi connectivity index (χ1n) is 9.47. The number of fused-ring (bicyclic) bond motifs is 1. The molecule has 0 fully saturated rings. The first kappa shape index (κ1) is 21.3. The summed E-state index contributed by atoms with van der Waals surface area (Å²) >= 11 is 0. The molecule has 1 amide bonds. The third kappa shape index (κ3) is 4.24. The van der Waals surface area contributed by atoms with E-state index in [2.05, 4.69) is 25.3 Å². The second kappa shape index (κ2) is 7.94. The minimum atomic E-state index is -4.55. The highest BCUT2D eigenvalue weighted by molar-refractivity contribution is 5.98. The van der Waals surface area contributed by atoms with E-state index >= 15 is 0 Å². The van der Waals surface area contributed by atoms with Gasteiger partial charge in [0.05, 0.1) is 34.9 Å². The Morgan fingerprint density at radius 1 is 1.19 bits per heavy atom. The zero-order valence-electron chi connectivity index (χ0n) is 16.8. The Labute approximate surface area is 180 Å². The van der Waals surface area contributed by atoms with Crippen LogP contribution in [0.2, 0.25) is 0 Å². The van der Waals surface area contributed by atoms with Gasteiger partial charge >= 0.3 is 6.18 Å². The summed E-state index contributed by atoms with van der Waals surface area (Å²) in [4.78, 5) is 29.0. The van der Waals surface area contributed by atoms with Crippen LogP contribution in [0.1, 0.15) is 33.4 Å². The maximum Gasteiger partial charge on any atom is 0.422 e. The van der Waals surface area contributed by atoms with Gasteiger partial charge in [-0.3, -0.25) is 4.79 Å². The number of ether oxygens (including phenoxy) is 1. The zero-order chi connectivity index (χ0) is 23.0. The first-order chi connectivity index (χ1) is 15.1. The standard InChI is InChI=1S/C20H18F3N7O2/c1-9-15-13(30-19(25)27-9)6-12(28-17(15)31)10-4-2-3-5-11(10)14-7-26-16(24)18(29-14)32-8-20(21,22)23/h2-5,7,12H,6,8H2,1H3,(H2,24,26)(H,28,31)(H2,25,27,30)/t12-/m1/s1. The number of benzene rings is 1. The van der Waals surface area contributed by atoms with Crippen molar-refractivity contribution in [3.63, 3.8) is 0 Å². The molecule has 32 heavy (non-hydrogen) atoms. The summed E-state index contributed by atoms with van der Waals surface area (Å²) in [5.41, 5.74) is 14.2. The van der Waals surface area contributed by atoms with Crippen LogP contribution in [0.25, 0.3) is 11.3 Å². The molecule has 0 unspecified atom stereocenters. The van der Waals surface area contributed by atoms with E-state index in [1.165, 1.54) is 6.20 Å². The number of carbonyl (C=O) groups excluding carboxylic acids is 1. The maximum atomic E-state index is 12.7. The minimum Gasteiger partial charge on any atom is -0.465 e. The van der Waals surface area contributed by atoms with Crippen molar-refractivity contribution < 1.29 is 22.7 Å². The normalized spacial score (nSPS) is 15.8. The fourth-order valence-corrected chi connectivity index (χ4v) is 3.56. The number of aromatic nitrogens is 4. The molecule has 166 valence electrons. The minimum absolute atomic E-state index is 0.0684. The van der Waals surface area contributed by atoms with E-state index < -0.39 is 24.7 Å². The van der Waals surface area contributed by atoms with E-state index in [0.717, 1.165) is 0 Å². The molecule has 5 N–H and O–H groups in total. The average Bonchev–Trinajstić information content (AvgIpc) is 2.71. The van der Waals surface area contributed by atoms with Crippen LogP contribution in [0.3, 0.4) is 0 Å². The molecule has 2 aromatic heterocycles. The van der Waals surface area contributed by atoms with Gasteiger partial charge in [-0.2, -0.15) is 13.2 Å². The second-order valence-corrected chi connectivity index (χ2v) is 7.16. The summed E-state index contributed by atoms with van der Waals surface area (Å²) in [5, 5.41) is 2.92. The van der Waals surface area contributed by atoms with Crippen molar-refractivity contribution in [3.8, 4) is 17.1 Å². The molecular weight excluding hydrogens is 427 g/mol. The Morgan fingerprint density at radius 3 is 2.69 bits per heavy atom. The van der Waals surface area contributed by atoms with Crippen LogP contribution in [-0.2, 0) is 6.42 Å². The Balaban J connectivity index is 1.71. The van der Waals surface area contributed by atoms with Crippen LogP contribution in [0.15, 0.2) is 30.5 Å². The lowest BCUT2D eigenvalue weighted by atomic mass is 9.90. The molecule has 0 spiro atoms. The summed E-state index contributed by atoms with van der Waals surface area (Å²) in [5.74, 6) is -0.971. The number of nitrogen functional groups attached to an aromatic ring is 2. The molecule has 9 nitrogen and oxygen atoms in total. The number of anilines is 2. The van der Waals surface area contributed by atoms with E-state index in [-0.39, 0.29) is 23.4 Å². The lowest BCUT2D eigenvalue weighted by Crippen LogP contribution is -2.37. The molecule has 1 aromatic carbocycles. The summed E-state index contributed by atoms with van der Waals surface area (Å²) < 4.78 is 42.3. The molecule has 1 aliphatic heterocycles. The molecule has 0 saturated carbocycles. The molecule has 1 aliphatic rings. The van der Waals surface area contributed by atoms with Crippen molar-refractivity contribution in [3.05, 3.63) is 53.0 Å². The number of hydrogen-bond donors (Lipinski definition) is 3. The van der Waals surface area contributed by atoms with E-state index in [9.17, 15) is 18.0 Å². The van der Waals surface area contributed by atoms with Crippen molar-refractivity contribution in [1.82, 2.24) is 25.3 Å². The average molecular weight is 445 g/mol. The van der Waals surface area contributed by atoms with Crippen molar-refractivity contribution in [2.24, 2.45) is 0 Å². The quantitative estimate of drug-likeness (QED) is 0.556. The molecule has 12 heteroatoms. The Hall–Kier alpha value is -3.96. The molecule has 3 heterocycles. The van der Waals surface area contributed by atoms with Gasteiger partial charge in [-0.15, -0.1) is 0 Å². The molecule has 4 rings (SSSR count). The summed E-state index contributed by atoms with van der Waals surface area (Å²) in [7, 11) is 0.